The Morgan fingerprint density at radius 3 is 1.20 bits per heavy atom. The fourth-order valence-electron chi connectivity index (χ4n) is 11.8. The van der Waals surface area contributed by atoms with Gasteiger partial charge in [-0.05, 0) is 83.5 Å². The smallest absolute Gasteiger partial charge is 0.220 e. The molecular weight excluding hydrogens is 1190 g/mol. The number of hydrogen-bond donors (Lipinski definition) is 12. The Labute approximate surface area is 559 Å². The fourth-order valence-corrected chi connectivity index (χ4v) is 11.8. The first-order valence-corrected chi connectivity index (χ1v) is 36.3. The van der Waals surface area contributed by atoms with E-state index in [4.69, 9.17) is 28.4 Å². The van der Waals surface area contributed by atoms with Crippen molar-refractivity contribution in [2.45, 2.75) is 349 Å². The fraction of sp³-hybridized carbons (Fsp3) is 0.797. The van der Waals surface area contributed by atoms with E-state index in [-0.39, 0.29) is 18.9 Å². The summed E-state index contributed by atoms with van der Waals surface area (Å²) in [5.41, 5.74) is 0. The minimum Gasteiger partial charge on any atom is -0.394 e. The first kappa shape index (κ1) is 84.2. The maximum atomic E-state index is 13.4. The molecule has 3 fully saturated rings. The molecule has 0 aliphatic carbocycles. The summed E-state index contributed by atoms with van der Waals surface area (Å²) in [7, 11) is 0. The molecule has 0 aromatic heterocycles. The molecule has 12 N–H and O–H groups in total. The van der Waals surface area contributed by atoms with Crippen LogP contribution in [-0.2, 0) is 33.2 Å². The van der Waals surface area contributed by atoms with Gasteiger partial charge in [0.15, 0.2) is 18.9 Å². The third-order valence-electron chi connectivity index (χ3n) is 17.7. The van der Waals surface area contributed by atoms with E-state index in [2.05, 4.69) is 92.1 Å². The van der Waals surface area contributed by atoms with E-state index in [0.717, 1.165) is 77.0 Å². The van der Waals surface area contributed by atoms with Crippen LogP contribution in [-0.4, -0.2) is 193 Å². The number of unbranched alkanes of at least 4 members (excludes halogenated alkanes) is 27. The number of carbonyl (C=O) groups excluding carboxylic acids is 1. The van der Waals surface area contributed by atoms with Crippen molar-refractivity contribution in [2.24, 2.45) is 0 Å². The van der Waals surface area contributed by atoms with Crippen molar-refractivity contribution in [3.05, 3.63) is 85.1 Å². The number of rotatable bonds is 55. The summed E-state index contributed by atoms with van der Waals surface area (Å²) < 4.78 is 34.3. The average molecular weight is 1320 g/mol. The molecule has 0 aromatic carbocycles. The predicted molar refractivity (Wildman–Crippen MR) is 364 cm³/mol. The maximum absolute atomic E-state index is 13.4. The first-order valence-electron chi connectivity index (χ1n) is 36.3. The minimum atomic E-state index is -1.99. The largest absolute Gasteiger partial charge is 0.394 e. The Morgan fingerprint density at radius 1 is 0.398 bits per heavy atom. The van der Waals surface area contributed by atoms with Crippen LogP contribution in [0.2, 0.25) is 0 Å². The van der Waals surface area contributed by atoms with Gasteiger partial charge in [0.05, 0.1) is 38.6 Å². The van der Waals surface area contributed by atoms with E-state index >= 15 is 0 Å². The summed E-state index contributed by atoms with van der Waals surface area (Å²) in [6.45, 7) is 1.58. The molecular formula is C74H129NO18. The highest BCUT2D eigenvalue weighted by molar-refractivity contribution is 5.76. The molecule has 0 saturated carbocycles. The lowest BCUT2D eigenvalue weighted by atomic mass is 9.96. The van der Waals surface area contributed by atoms with E-state index < -0.39 is 124 Å². The van der Waals surface area contributed by atoms with Gasteiger partial charge in [-0.15, -0.1) is 0 Å². The van der Waals surface area contributed by atoms with Crippen LogP contribution in [0.3, 0.4) is 0 Å². The quantitative estimate of drug-likeness (QED) is 0.0199. The highest BCUT2D eigenvalue weighted by atomic mass is 16.8. The van der Waals surface area contributed by atoms with Gasteiger partial charge in [0.1, 0.15) is 73.2 Å². The van der Waals surface area contributed by atoms with Crippen LogP contribution in [0.1, 0.15) is 245 Å². The molecule has 3 saturated heterocycles. The second-order valence-electron chi connectivity index (χ2n) is 25.6. The maximum Gasteiger partial charge on any atom is 0.220 e. The van der Waals surface area contributed by atoms with Crippen molar-refractivity contribution in [3.63, 3.8) is 0 Å². The molecule has 3 aliphatic heterocycles. The highest BCUT2D eigenvalue weighted by Crippen LogP contribution is 2.33. The van der Waals surface area contributed by atoms with Gasteiger partial charge in [-0.2, -0.15) is 0 Å². The van der Waals surface area contributed by atoms with Gasteiger partial charge < -0.3 is 89.9 Å². The Hall–Kier alpha value is -3.03. The third-order valence-corrected chi connectivity index (χ3v) is 17.7. The molecule has 0 bridgehead atoms. The number of nitrogens with one attached hydrogen (secondary N) is 1. The van der Waals surface area contributed by atoms with Gasteiger partial charge in [0.25, 0.3) is 0 Å². The molecule has 17 unspecified atom stereocenters. The molecule has 3 aliphatic rings. The number of carbonyl (C=O) groups is 1. The standard InChI is InChI=1S/C74H129NO18/c1-3-5-7-9-11-13-15-17-19-21-22-23-24-25-26-27-28-29-30-31-32-33-34-36-37-39-41-43-45-47-49-51-58(79)57(75-62(80)52-50-48-46-44-42-40-38-35-20-18-16-14-12-10-8-6-4-2)56-88-72-68(86)65(83)70(60(54-77)90-72)93-74-69(87)66(84)71(61(55-78)91-74)92-73-67(85)64(82)63(81)59(53-76)89-73/h6,8,12,14,18,20,34,36,38,40-41,43,49,51,57-61,63-74,76-79,81-87H,3-5,7,9-11,13,15-17,19,21-33,35,37,39,42,44-48,50,52-56H2,1-2H3,(H,75,80)/b8-6-,14-12-,20-18-,36-34+,40-38-,43-41+,51-49+. The summed E-state index contributed by atoms with van der Waals surface area (Å²) in [6.07, 6.45) is 44.4. The number of allylic oxidation sites excluding steroid dienone is 13. The zero-order chi connectivity index (χ0) is 67.5. The van der Waals surface area contributed by atoms with E-state index in [0.29, 0.717) is 12.8 Å². The molecule has 19 heteroatoms. The van der Waals surface area contributed by atoms with Crippen LogP contribution >= 0.6 is 0 Å². The summed E-state index contributed by atoms with van der Waals surface area (Å²) in [5, 5.41) is 120. The lowest BCUT2D eigenvalue weighted by Crippen LogP contribution is -2.66. The van der Waals surface area contributed by atoms with Gasteiger partial charge in [0, 0.05) is 6.42 Å². The Kier molecular flexibility index (Phi) is 49.7. The molecule has 0 radical (unpaired) electrons. The highest BCUT2D eigenvalue weighted by Gasteiger charge is 2.53. The van der Waals surface area contributed by atoms with Crippen LogP contribution in [0.4, 0.5) is 0 Å². The van der Waals surface area contributed by atoms with E-state index in [1.54, 1.807) is 6.08 Å². The zero-order valence-electron chi connectivity index (χ0n) is 57.0. The summed E-state index contributed by atoms with van der Waals surface area (Å²) in [4.78, 5) is 13.4. The molecule has 1 amide bonds. The van der Waals surface area contributed by atoms with Gasteiger partial charge in [-0.3, -0.25) is 4.79 Å². The summed E-state index contributed by atoms with van der Waals surface area (Å²) >= 11 is 0. The number of amides is 1. The second-order valence-corrected chi connectivity index (χ2v) is 25.6. The third kappa shape index (κ3) is 36.4. The van der Waals surface area contributed by atoms with E-state index in [9.17, 15) is 61.0 Å². The van der Waals surface area contributed by atoms with Crippen molar-refractivity contribution in [2.75, 3.05) is 26.4 Å². The minimum absolute atomic E-state index is 0.199. The van der Waals surface area contributed by atoms with Crippen molar-refractivity contribution < 1.29 is 89.4 Å². The normalized spacial score (nSPS) is 28.0. The van der Waals surface area contributed by atoms with Crippen LogP contribution < -0.4 is 5.32 Å². The van der Waals surface area contributed by atoms with Crippen LogP contribution in [0.25, 0.3) is 0 Å². The van der Waals surface area contributed by atoms with Crippen LogP contribution in [0.15, 0.2) is 85.1 Å². The molecule has 0 spiro atoms. The van der Waals surface area contributed by atoms with Crippen molar-refractivity contribution in [3.8, 4) is 0 Å². The van der Waals surface area contributed by atoms with E-state index in [1.165, 1.54) is 135 Å². The second kappa shape index (κ2) is 54.9. The number of ether oxygens (including phenoxy) is 6. The topological polar surface area (TPSA) is 307 Å². The molecule has 538 valence electrons. The number of hydrogen-bond acceptors (Lipinski definition) is 18. The predicted octanol–water partition coefficient (Wildman–Crippen LogP) is 10.3. The Bertz CT molecular complexity index is 2010. The number of aliphatic hydroxyl groups excluding tert-OH is 11. The van der Waals surface area contributed by atoms with Gasteiger partial charge >= 0.3 is 0 Å². The molecule has 0 aromatic rings. The SMILES string of the molecule is CC/C=C\C/C=C\C/C=C\C/C=C\CCCCCCC(=O)NC(COC1OC(CO)C(OC2OC(CO)C(OC3OC(CO)C(O)C(O)C3O)C(O)C2O)C(O)C1O)C(O)/C=C/CC/C=C/CC/C=C/CCCCCCCCCCCCCCCCCCCCCCC. The average Bonchev–Trinajstić information content (AvgIpc) is 0.815. The van der Waals surface area contributed by atoms with Gasteiger partial charge in [-0.25, -0.2) is 0 Å². The van der Waals surface area contributed by atoms with Crippen molar-refractivity contribution in [1.29, 1.82) is 0 Å². The lowest BCUT2D eigenvalue weighted by Gasteiger charge is -2.48. The summed E-state index contributed by atoms with van der Waals surface area (Å²) in [5.74, 6) is -0.315. The molecule has 3 heterocycles. The Balaban J connectivity index is 1.42. The van der Waals surface area contributed by atoms with Gasteiger partial charge in [-0.1, -0.05) is 240 Å². The molecule has 3 rings (SSSR count). The van der Waals surface area contributed by atoms with Crippen LogP contribution in [0, 0.1) is 0 Å². The van der Waals surface area contributed by atoms with Gasteiger partial charge in [0.2, 0.25) is 5.91 Å². The Morgan fingerprint density at radius 2 is 0.753 bits per heavy atom. The molecule has 93 heavy (non-hydrogen) atoms. The van der Waals surface area contributed by atoms with Crippen molar-refractivity contribution in [1.82, 2.24) is 5.32 Å². The van der Waals surface area contributed by atoms with E-state index in [1.807, 2.05) is 6.08 Å². The van der Waals surface area contributed by atoms with Crippen molar-refractivity contribution >= 4 is 5.91 Å². The molecule has 19 nitrogen and oxygen atoms in total. The van der Waals surface area contributed by atoms with Crippen LogP contribution in [0.5, 0.6) is 0 Å². The number of aliphatic hydroxyl groups is 11. The molecule has 17 atom stereocenters. The lowest BCUT2D eigenvalue weighted by molar-refractivity contribution is -0.379. The zero-order valence-corrected chi connectivity index (χ0v) is 57.0. The monoisotopic (exact) mass is 1320 g/mol. The first-order chi connectivity index (χ1) is 45.3. The summed E-state index contributed by atoms with van der Waals surface area (Å²) in [6, 6.07) is -1.02.